The van der Waals surface area contributed by atoms with E-state index in [0.29, 0.717) is 12.0 Å². The molecule has 0 aliphatic heterocycles. The topological polar surface area (TPSA) is 24.9 Å². The van der Waals surface area contributed by atoms with Crippen LogP contribution in [0.1, 0.15) is 27.2 Å². The molecule has 0 aliphatic carbocycles. The SMILES string of the molecule is CCC(Nc1cccnc1)C(C)C. The molecular formula is C11H18N2. The summed E-state index contributed by atoms with van der Waals surface area (Å²) in [5.74, 6) is 0.658. The van der Waals surface area contributed by atoms with Crippen LogP contribution in [0.2, 0.25) is 0 Å². The summed E-state index contributed by atoms with van der Waals surface area (Å²) in [4.78, 5) is 4.07. The Morgan fingerprint density at radius 1 is 1.46 bits per heavy atom. The molecule has 1 rings (SSSR count). The van der Waals surface area contributed by atoms with Crippen LogP contribution in [0.15, 0.2) is 24.5 Å². The Morgan fingerprint density at radius 2 is 2.23 bits per heavy atom. The number of pyridine rings is 1. The van der Waals surface area contributed by atoms with Crippen molar-refractivity contribution in [1.82, 2.24) is 4.98 Å². The van der Waals surface area contributed by atoms with Crippen LogP contribution in [0.4, 0.5) is 5.69 Å². The highest BCUT2D eigenvalue weighted by molar-refractivity contribution is 5.40. The number of anilines is 1. The summed E-state index contributed by atoms with van der Waals surface area (Å²) in [6, 6.07) is 4.55. The Hall–Kier alpha value is -1.05. The lowest BCUT2D eigenvalue weighted by molar-refractivity contribution is 0.511. The Kier molecular flexibility index (Phi) is 3.74. The Labute approximate surface area is 80.4 Å². The van der Waals surface area contributed by atoms with Crippen molar-refractivity contribution in [2.75, 3.05) is 5.32 Å². The van der Waals surface area contributed by atoms with Crippen molar-refractivity contribution in [2.45, 2.75) is 33.2 Å². The van der Waals surface area contributed by atoms with Crippen LogP contribution >= 0.6 is 0 Å². The van der Waals surface area contributed by atoms with Crippen molar-refractivity contribution in [2.24, 2.45) is 5.92 Å². The molecule has 1 aromatic heterocycles. The minimum absolute atomic E-state index is 0.546. The zero-order valence-corrected chi connectivity index (χ0v) is 8.62. The summed E-state index contributed by atoms with van der Waals surface area (Å²) >= 11 is 0. The summed E-state index contributed by atoms with van der Waals surface area (Å²) in [5, 5.41) is 3.47. The highest BCUT2D eigenvalue weighted by Gasteiger charge is 2.09. The van der Waals surface area contributed by atoms with E-state index in [0.717, 1.165) is 12.1 Å². The molecule has 0 aliphatic rings. The van der Waals surface area contributed by atoms with Crippen LogP contribution in [0.25, 0.3) is 0 Å². The molecule has 0 spiro atoms. The molecule has 1 heterocycles. The van der Waals surface area contributed by atoms with Gasteiger partial charge >= 0.3 is 0 Å². The summed E-state index contributed by atoms with van der Waals surface area (Å²) in [5.41, 5.74) is 1.11. The number of hydrogen-bond acceptors (Lipinski definition) is 2. The Balaban J connectivity index is 2.57. The van der Waals surface area contributed by atoms with Gasteiger partial charge in [-0.25, -0.2) is 0 Å². The van der Waals surface area contributed by atoms with Crippen LogP contribution in [-0.4, -0.2) is 11.0 Å². The van der Waals surface area contributed by atoms with Gasteiger partial charge in [0, 0.05) is 18.4 Å². The minimum atomic E-state index is 0.546. The number of nitrogens with zero attached hydrogens (tertiary/aromatic N) is 1. The van der Waals surface area contributed by atoms with Gasteiger partial charge < -0.3 is 5.32 Å². The van der Waals surface area contributed by atoms with E-state index in [1.54, 1.807) is 6.20 Å². The number of nitrogens with one attached hydrogen (secondary N) is 1. The average molecular weight is 178 g/mol. The van der Waals surface area contributed by atoms with Crippen molar-refractivity contribution in [3.05, 3.63) is 24.5 Å². The van der Waals surface area contributed by atoms with E-state index in [1.165, 1.54) is 0 Å². The van der Waals surface area contributed by atoms with Gasteiger partial charge in [0.1, 0.15) is 0 Å². The van der Waals surface area contributed by atoms with Gasteiger partial charge in [-0.2, -0.15) is 0 Å². The van der Waals surface area contributed by atoms with E-state index in [-0.39, 0.29) is 0 Å². The smallest absolute Gasteiger partial charge is 0.0528 e. The van der Waals surface area contributed by atoms with Crippen LogP contribution in [-0.2, 0) is 0 Å². The lowest BCUT2D eigenvalue weighted by Gasteiger charge is -2.21. The van der Waals surface area contributed by atoms with E-state index >= 15 is 0 Å². The third kappa shape index (κ3) is 3.05. The average Bonchev–Trinajstić information content (AvgIpc) is 2.15. The lowest BCUT2D eigenvalue weighted by Crippen LogP contribution is -2.24. The maximum absolute atomic E-state index is 4.07. The quantitative estimate of drug-likeness (QED) is 0.766. The first-order chi connectivity index (χ1) is 6.24. The fourth-order valence-electron chi connectivity index (χ4n) is 1.40. The second-order valence-electron chi connectivity index (χ2n) is 3.64. The first-order valence-corrected chi connectivity index (χ1v) is 4.90. The molecule has 0 aromatic carbocycles. The zero-order valence-electron chi connectivity index (χ0n) is 8.62. The highest BCUT2D eigenvalue weighted by Crippen LogP contribution is 2.13. The molecule has 0 saturated heterocycles. The minimum Gasteiger partial charge on any atom is -0.381 e. The zero-order chi connectivity index (χ0) is 9.68. The summed E-state index contributed by atoms with van der Waals surface area (Å²) < 4.78 is 0. The van der Waals surface area contributed by atoms with Gasteiger partial charge in [0.05, 0.1) is 5.69 Å². The van der Waals surface area contributed by atoms with Gasteiger partial charge in [-0.1, -0.05) is 20.8 Å². The molecule has 1 N–H and O–H groups in total. The maximum Gasteiger partial charge on any atom is 0.0528 e. The number of rotatable bonds is 4. The molecule has 0 radical (unpaired) electrons. The normalized spacial score (nSPS) is 12.9. The van der Waals surface area contributed by atoms with E-state index in [4.69, 9.17) is 0 Å². The highest BCUT2D eigenvalue weighted by atomic mass is 14.9. The fraction of sp³-hybridized carbons (Fsp3) is 0.545. The molecule has 1 unspecified atom stereocenters. The second-order valence-corrected chi connectivity index (χ2v) is 3.64. The van der Waals surface area contributed by atoms with Crippen molar-refractivity contribution < 1.29 is 0 Å². The predicted octanol–water partition coefficient (Wildman–Crippen LogP) is 2.93. The van der Waals surface area contributed by atoms with Crippen LogP contribution < -0.4 is 5.32 Å². The fourth-order valence-corrected chi connectivity index (χ4v) is 1.40. The molecular weight excluding hydrogens is 160 g/mol. The lowest BCUT2D eigenvalue weighted by atomic mass is 10.0. The van der Waals surface area contributed by atoms with Crippen LogP contribution in [0, 0.1) is 5.92 Å². The third-order valence-electron chi connectivity index (χ3n) is 2.26. The van der Waals surface area contributed by atoms with Crippen molar-refractivity contribution >= 4 is 5.69 Å². The molecule has 13 heavy (non-hydrogen) atoms. The number of hydrogen-bond donors (Lipinski definition) is 1. The summed E-state index contributed by atoms with van der Waals surface area (Å²) in [6.45, 7) is 6.67. The van der Waals surface area contributed by atoms with Gasteiger partial charge in [-0.05, 0) is 24.5 Å². The Bertz CT molecular complexity index is 231. The molecule has 2 heteroatoms. The third-order valence-corrected chi connectivity index (χ3v) is 2.26. The Morgan fingerprint density at radius 3 is 2.69 bits per heavy atom. The van der Waals surface area contributed by atoms with E-state index in [1.807, 2.05) is 12.3 Å². The molecule has 2 nitrogen and oxygen atoms in total. The molecule has 0 amide bonds. The molecule has 0 bridgehead atoms. The molecule has 1 aromatic rings. The summed E-state index contributed by atoms with van der Waals surface area (Å²) in [7, 11) is 0. The maximum atomic E-state index is 4.07. The predicted molar refractivity (Wildman–Crippen MR) is 56.8 cm³/mol. The van der Waals surface area contributed by atoms with Crippen molar-refractivity contribution in [3.63, 3.8) is 0 Å². The van der Waals surface area contributed by atoms with Gasteiger partial charge in [0.15, 0.2) is 0 Å². The van der Waals surface area contributed by atoms with Crippen LogP contribution in [0.3, 0.4) is 0 Å². The first kappa shape index (κ1) is 10.0. The standard InChI is InChI=1S/C11H18N2/c1-4-11(9(2)3)13-10-6-5-7-12-8-10/h5-9,11,13H,4H2,1-3H3. The molecule has 0 fully saturated rings. The number of aromatic nitrogens is 1. The first-order valence-electron chi connectivity index (χ1n) is 4.90. The molecule has 1 atom stereocenters. The molecule has 72 valence electrons. The second kappa shape index (κ2) is 4.85. The largest absolute Gasteiger partial charge is 0.381 e. The van der Waals surface area contributed by atoms with E-state index in [9.17, 15) is 0 Å². The molecule has 0 saturated carbocycles. The van der Waals surface area contributed by atoms with Gasteiger partial charge in [0.25, 0.3) is 0 Å². The van der Waals surface area contributed by atoms with Gasteiger partial charge in [-0.3, -0.25) is 4.98 Å². The van der Waals surface area contributed by atoms with Crippen molar-refractivity contribution in [1.29, 1.82) is 0 Å². The summed E-state index contributed by atoms with van der Waals surface area (Å²) in [6.07, 6.45) is 4.80. The van der Waals surface area contributed by atoms with Gasteiger partial charge in [-0.15, -0.1) is 0 Å². The van der Waals surface area contributed by atoms with Crippen LogP contribution in [0.5, 0.6) is 0 Å². The monoisotopic (exact) mass is 178 g/mol. The van der Waals surface area contributed by atoms with E-state index < -0.39 is 0 Å². The van der Waals surface area contributed by atoms with E-state index in [2.05, 4.69) is 37.1 Å². The van der Waals surface area contributed by atoms with Crippen molar-refractivity contribution in [3.8, 4) is 0 Å². The van der Waals surface area contributed by atoms with Gasteiger partial charge in [0.2, 0.25) is 0 Å².